The number of guanidine groups is 1. The highest BCUT2D eigenvalue weighted by Crippen LogP contribution is 2.16. The molecule has 1 aromatic heterocycles. The molecule has 0 aliphatic rings. The van der Waals surface area contributed by atoms with Gasteiger partial charge in [-0.15, -0.1) is 10.2 Å². The molecule has 0 saturated carbocycles. The van der Waals surface area contributed by atoms with Gasteiger partial charge in [0, 0.05) is 39.0 Å². The SMILES string of the molecule is CCNC(=NCCCOc1ccccc1)NCCCc1nnc(SC)n1CC(C)C. The summed E-state index contributed by atoms with van der Waals surface area (Å²) >= 11 is 1.65. The fourth-order valence-electron chi connectivity index (χ4n) is 2.96. The minimum absolute atomic E-state index is 0.571. The van der Waals surface area contributed by atoms with Crippen molar-refractivity contribution in [2.75, 3.05) is 32.5 Å². The molecule has 166 valence electrons. The van der Waals surface area contributed by atoms with Crippen LogP contribution in [0.15, 0.2) is 40.5 Å². The van der Waals surface area contributed by atoms with E-state index in [1.165, 1.54) is 0 Å². The summed E-state index contributed by atoms with van der Waals surface area (Å²) in [7, 11) is 0. The van der Waals surface area contributed by atoms with Gasteiger partial charge < -0.3 is 19.9 Å². The summed E-state index contributed by atoms with van der Waals surface area (Å²) in [4.78, 5) is 4.64. The van der Waals surface area contributed by atoms with Crippen LogP contribution < -0.4 is 15.4 Å². The third-order valence-electron chi connectivity index (χ3n) is 4.32. The maximum Gasteiger partial charge on any atom is 0.191 e. The number of para-hydroxylation sites is 1. The van der Waals surface area contributed by atoms with Gasteiger partial charge in [-0.2, -0.15) is 0 Å². The Bertz CT molecular complexity index is 747. The Labute approximate surface area is 185 Å². The van der Waals surface area contributed by atoms with Crippen LogP contribution in [0.2, 0.25) is 0 Å². The fourth-order valence-corrected chi connectivity index (χ4v) is 3.48. The first kappa shape index (κ1) is 24.1. The van der Waals surface area contributed by atoms with Crippen LogP contribution in [0, 0.1) is 5.92 Å². The molecule has 2 aromatic rings. The zero-order valence-corrected chi connectivity index (χ0v) is 19.5. The third kappa shape index (κ3) is 8.65. The van der Waals surface area contributed by atoms with Crippen molar-refractivity contribution in [3.05, 3.63) is 36.2 Å². The number of hydrogen-bond acceptors (Lipinski definition) is 5. The molecule has 0 aliphatic heterocycles. The molecule has 0 unspecified atom stereocenters. The molecular formula is C22H36N6OS. The van der Waals surface area contributed by atoms with Crippen LogP contribution in [0.3, 0.4) is 0 Å². The molecule has 0 fully saturated rings. The second kappa shape index (κ2) is 13.9. The van der Waals surface area contributed by atoms with E-state index in [4.69, 9.17) is 4.74 Å². The van der Waals surface area contributed by atoms with Crippen LogP contribution in [-0.4, -0.2) is 53.2 Å². The molecule has 0 atom stereocenters. The molecule has 1 aromatic carbocycles. The minimum atomic E-state index is 0.571. The van der Waals surface area contributed by atoms with Crippen molar-refractivity contribution in [3.8, 4) is 5.75 Å². The largest absolute Gasteiger partial charge is 0.494 e. The van der Waals surface area contributed by atoms with Crippen molar-refractivity contribution in [2.45, 2.75) is 51.7 Å². The van der Waals surface area contributed by atoms with Crippen LogP contribution in [0.1, 0.15) is 39.4 Å². The summed E-state index contributed by atoms with van der Waals surface area (Å²) in [5, 5.41) is 16.4. The predicted octanol–water partition coefficient (Wildman–Crippen LogP) is 3.61. The molecule has 0 aliphatic carbocycles. The molecule has 7 nitrogen and oxygen atoms in total. The van der Waals surface area contributed by atoms with E-state index < -0.39 is 0 Å². The number of benzene rings is 1. The first-order chi connectivity index (χ1) is 14.6. The lowest BCUT2D eigenvalue weighted by molar-refractivity contribution is 0.313. The van der Waals surface area contributed by atoms with E-state index in [0.29, 0.717) is 12.5 Å². The van der Waals surface area contributed by atoms with Crippen molar-refractivity contribution in [2.24, 2.45) is 10.9 Å². The minimum Gasteiger partial charge on any atom is -0.494 e. The van der Waals surface area contributed by atoms with Gasteiger partial charge in [0.2, 0.25) is 0 Å². The van der Waals surface area contributed by atoms with Gasteiger partial charge in [-0.3, -0.25) is 4.99 Å². The van der Waals surface area contributed by atoms with Gasteiger partial charge in [0.15, 0.2) is 11.1 Å². The standard InChI is InChI=1S/C22H36N6OS/c1-5-23-21(25-15-10-16-29-19-11-7-6-8-12-19)24-14-9-13-20-26-27-22(30-4)28(20)17-18(2)3/h6-8,11-12,18H,5,9-10,13-17H2,1-4H3,(H2,23,24,25). The van der Waals surface area contributed by atoms with Gasteiger partial charge in [0.25, 0.3) is 0 Å². The lowest BCUT2D eigenvalue weighted by atomic mass is 10.2. The molecule has 0 saturated heterocycles. The van der Waals surface area contributed by atoms with Crippen LogP contribution in [0.25, 0.3) is 0 Å². The number of nitrogens with zero attached hydrogens (tertiary/aromatic N) is 4. The van der Waals surface area contributed by atoms with E-state index in [1.807, 2.05) is 30.3 Å². The monoisotopic (exact) mass is 432 g/mol. The summed E-state index contributed by atoms with van der Waals surface area (Å²) in [5.41, 5.74) is 0. The summed E-state index contributed by atoms with van der Waals surface area (Å²) in [5.74, 6) is 3.39. The Balaban J connectivity index is 1.72. The Morgan fingerprint density at radius 2 is 1.97 bits per heavy atom. The van der Waals surface area contributed by atoms with E-state index in [-0.39, 0.29) is 0 Å². The molecule has 0 bridgehead atoms. The maximum absolute atomic E-state index is 5.72. The first-order valence-corrected chi connectivity index (χ1v) is 12.0. The number of nitrogens with one attached hydrogen (secondary N) is 2. The van der Waals surface area contributed by atoms with Gasteiger partial charge in [-0.1, -0.05) is 43.8 Å². The molecule has 0 amide bonds. The number of ether oxygens (including phenoxy) is 1. The van der Waals surface area contributed by atoms with Crippen molar-refractivity contribution in [1.29, 1.82) is 0 Å². The van der Waals surface area contributed by atoms with E-state index >= 15 is 0 Å². The normalized spacial score (nSPS) is 11.7. The van der Waals surface area contributed by atoms with Crippen molar-refractivity contribution < 1.29 is 4.74 Å². The zero-order chi connectivity index (χ0) is 21.6. The molecular weight excluding hydrogens is 396 g/mol. The number of rotatable bonds is 13. The highest BCUT2D eigenvalue weighted by molar-refractivity contribution is 7.98. The van der Waals surface area contributed by atoms with Crippen LogP contribution in [0.5, 0.6) is 5.75 Å². The van der Waals surface area contributed by atoms with E-state index in [0.717, 1.165) is 68.1 Å². The predicted molar refractivity (Wildman–Crippen MR) is 125 cm³/mol. The average Bonchev–Trinajstić information content (AvgIpc) is 3.12. The molecule has 2 N–H and O–H groups in total. The number of thioether (sulfide) groups is 1. The number of aryl methyl sites for hydroxylation is 1. The third-order valence-corrected chi connectivity index (χ3v) is 4.99. The van der Waals surface area contributed by atoms with Crippen molar-refractivity contribution >= 4 is 17.7 Å². The van der Waals surface area contributed by atoms with Gasteiger partial charge in [0.1, 0.15) is 11.6 Å². The zero-order valence-electron chi connectivity index (χ0n) is 18.7. The lowest BCUT2D eigenvalue weighted by Crippen LogP contribution is -2.38. The van der Waals surface area contributed by atoms with Crippen molar-refractivity contribution in [1.82, 2.24) is 25.4 Å². The molecule has 0 spiro atoms. The van der Waals surface area contributed by atoms with Gasteiger partial charge in [-0.25, -0.2) is 0 Å². The molecule has 2 rings (SSSR count). The highest BCUT2D eigenvalue weighted by Gasteiger charge is 2.12. The van der Waals surface area contributed by atoms with E-state index in [1.54, 1.807) is 11.8 Å². The van der Waals surface area contributed by atoms with Crippen molar-refractivity contribution in [3.63, 3.8) is 0 Å². The van der Waals surface area contributed by atoms with Crippen LogP contribution in [0.4, 0.5) is 0 Å². The highest BCUT2D eigenvalue weighted by atomic mass is 32.2. The Morgan fingerprint density at radius 1 is 1.17 bits per heavy atom. The lowest BCUT2D eigenvalue weighted by Gasteiger charge is -2.13. The second-order valence-electron chi connectivity index (χ2n) is 7.41. The Morgan fingerprint density at radius 3 is 2.67 bits per heavy atom. The van der Waals surface area contributed by atoms with E-state index in [9.17, 15) is 0 Å². The van der Waals surface area contributed by atoms with E-state index in [2.05, 4.69) is 57.4 Å². The summed E-state index contributed by atoms with van der Waals surface area (Å²) in [6.45, 7) is 10.5. The Hall–Kier alpha value is -2.22. The molecule has 1 heterocycles. The summed E-state index contributed by atoms with van der Waals surface area (Å²) in [6.07, 6.45) is 4.81. The molecule has 30 heavy (non-hydrogen) atoms. The average molecular weight is 433 g/mol. The topological polar surface area (TPSA) is 76.4 Å². The van der Waals surface area contributed by atoms with Crippen LogP contribution >= 0.6 is 11.8 Å². The van der Waals surface area contributed by atoms with Crippen LogP contribution in [-0.2, 0) is 13.0 Å². The van der Waals surface area contributed by atoms with Gasteiger partial charge in [-0.05, 0) is 37.7 Å². The van der Waals surface area contributed by atoms with Gasteiger partial charge in [0.05, 0.1) is 6.61 Å². The number of aliphatic imine (C=N–C) groups is 1. The number of hydrogen-bond donors (Lipinski definition) is 2. The fraction of sp³-hybridized carbons (Fsp3) is 0.591. The Kier molecular flexibility index (Phi) is 11.1. The maximum atomic E-state index is 5.72. The molecule has 0 radical (unpaired) electrons. The second-order valence-corrected chi connectivity index (χ2v) is 8.19. The first-order valence-electron chi connectivity index (χ1n) is 10.8. The summed E-state index contributed by atoms with van der Waals surface area (Å²) in [6, 6.07) is 9.89. The summed E-state index contributed by atoms with van der Waals surface area (Å²) < 4.78 is 7.97. The quantitative estimate of drug-likeness (QED) is 0.218. The van der Waals surface area contributed by atoms with Gasteiger partial charge >= 0.3 is 0 Å². The number of aromatic nitrogens is 3. The molecule has 8 heteroatoms. The smallest absolute Gasteiger partial charge is 0.191 e.